The van der Waals surface area contributed by atoms with Crippen molar-refractivity contribution >= 4 is 5.91 Å². The van der Waals surface area contributed by atoms with E-state index in [1.165, 1.54) is 7.11 Å². The molecule has 0 bridgehead atoms. The SMILES string of the molecule is COC(C)OCC(N)=O. The molecule has 0 aliphatic carbocycles. The molecule has 0 spiro atoms. The van der Waals surface area contributed by atoms with Gasteiger partial charge in [-0.2, -0.15) is 0 Å². The highest BCUT2D eigenvalue weighted by atomic mass is 16.7. The Morgan fingerprint density at radius 3 is 2.67 bits per heavy atom. The molecular weight excluding hydrogens is 122 g/mol. The predicted molar refractivity (Wildman–Crippen MR) is 31.6 cm³/mol. The van der Waals surface area contributed by atoms with E-state index in [9.17, 15) is 4.79 Å². The monoisotopic (exact) mass is 133 g/mol. The zero-order valence-corrected chi connectivity index (χ0v) is 5.59. The predicted octanol–water partition coefficient (Wildman–Crippen LogP) is -0.519. The van der Waals surface area contributed by atoms with Crippen LogP contribution in [-0.2, 0) is 14.3 Å². The molecule has 4 nitrogen and oxygen atoms in total. The molecule has 1 atom stereocenters. The van der Waals surface area contributed by atoms with Crippen molar-refractivity contribution in [2.24, 2.45) is 5.73 Å². The summed E-state index contributed by atoms with van der Waals surface area (Å²) >= 11 is 0. The summed E-state index contributed by atoms with van der Waals surface area (Å²) in [5.74, 6) is -0.487. The number of nitrogens with two attached hydrogens (primary N) is 1. The molecule has 0 saturated carbocycles. The summed E-state index contributed by atoms with van der Waals surface area (Å²) in [7, 11) is 1.49. The second-order valence-corrected chi connectivity index (χ2v) is 1.58. The number of rotatable bonds is 4. The number of carbonyl (C=O) groups is 1. The first-order chi connectivity index (χ1) is 4.16. The van der Waals surface area contributed by atoms with Gasteiger partial charge in [0.1, 0.15) is 6.61 Å². The third-order valence-electron chi connectivity index (χ3n) is 0.792. The lowest BCUT2D eigenvalue weighted by Gasteiger charge is -2.07. The molecule has 54 valence electrons. The Balaban J connectivity index is 3.16. The molecule has 0 fully saturated rings. The van der Waals surface area contributed by atoms with Gasteiger partial charge in [0.15, 0.2) is 6.29 Å². The third-order valence-corrected chi connectivity index (χ3v) is 0.792. The van der Waals surface area contributed by atoms with Crippen molar-refractivity contribution in [3.05, 3.63) is 0 Å². The zero-order chi connectivity index (χ0) is 7.28. The minimum Gasteiger partial charge on any atom is -0.368 e. The van der Waals surface area contributed by atoms with Crippen LogP contribution in [0.15, 0.2) is 0 Å². The van der Waals surface area contributed by atoms with Crippen LogP contribution in [-0.4, -0.2) is 25.9 Å². The molecule has 1 unspecified atom stereocenters. The topological polar surface area (TPSA) is 61.6 Å². The van der Waals surface area contributed by atoms with E-state index in [0.29, 0.717) is 0 Å². The summed E-state index contributed by atoms with van der Waals surface area (Å²) in [4.78, 5) is 10.1. The van der Waals surface area contributed by atoms with E-state index in [-0.39, 0.29) is 12.9 Å². The summed E-state index contributed by atoms with van der Waals surface area (Å²) in [5.41, 5.74) is 4.78. The van der Waals surface area contributed by atoms with Crippen molar-refractivity contribution in [1.82, 2.24) is 0 Å². The quantitative estimate of drug-likeness (QED) is 0.525. The summed E-state index contributed by atoms with van der Waals surface area (Å²) in [6, 6.07) is 0. The summed E-state index contributed by atoms with van der Waals surface area (Å²) in [5, 5.41) is 0. The fourth-order valence-electron chi connectivity index (χ4n) is 0.268. The van der Waals surface area contributed by atoms with Crippen LogP contribution in [0.1, 0.15) is 6.92 Å². The van der Waals surface area contributed by atoms with Gasteiger partial charge in [-0.15, -0.1) is 0 Å². The highest BCUT2D eigenvalue weighted by Gasteiger charge is 1.99. The van der Waals surface area contributed by atoms with Crippen LogP contribution in [0.3, 0.4) is 0 Å². The number of ether oxygens (including phenoxy) is 2. The standard InChI is InChI=1S/C5H11NO3/c1-4(8-2)9-3-5(6)7/h4H,3H2,1-2H3,(H2,6,7). The minimum absolute atomic E-state index is 0.0883. The van der Waals surface area contributed by atoms with Crippen LogP contribution in [0.4, 0.5) is 0 Å². The molecule has 2 N–H and O–H groups in total. The number of methoxy groups -OCH3 is 1. The number of primary amides is 1. The second kappa shape index (κ2) is 4.29. The lowest BCUT2D eigenvalue weighted by molar-refractivity contribution is -0.141. The number of hydrogen-bond acceptors (Lipinski definition) is 3. The Morgan fingerprint density at radius 1 is 1.78 bits per heavy atom. The molecule has 0 saturated heterocycles. The van der Waals surface area contributed by atoms with Gasteiger partial charge in [0, 0.05) is 7.11 Å². The van der Waals surface area contributed by atoms with Gasteiger partial charge in [-0.05, 0) is 6.92 Å². The van der Waals surface area contributed by atoms with Crippen molar-refractivity contribution in [3.63, 3.8) is 0 Å². The van der Waals surface area contributed by atoms with E-state index >= 15 is 0 Å². The highest BCUT2D eigenvalue weighted by molar-refractivity contribution is 5.74. The van der Waals surface area contributed by atoms with E-state index < -0.39 is 5.91 Å². The molecule has 0 aromatic rings. The third kappa shape index (κ3) is 5.26. The summed E-state index contributed by atoms with van der Waals surface area (Å²) < 4.78 is 9.43. The minimum atomic E-state index is -0.487. The van der Waals surface area contributed by atoms with Gasteiger partial charge in [0.05, 0.1) is 0 Å². The van der Waals surface area contributed by atoms with Crippen LogP contribution < -0.4 is 5.73 Å². The molecule has 0 aromatic heterocycles. The Bertz CT molecular complexity index is 94.2. The van der Waals surface area contributed by atoms with Crippen LogP contribution >= 0.6 is 0 Å². The fraction of sp³-hybridized carbons (Fsp3) is 0.800. The largest absolute Gasteiger partial charge is 0.368 e. The maximum Gasteiger partial charge on any atom is 0.243 e. The van der Waals surface area contributed by atoms with E-state index in [1.54, 1.807) is 6.92 Å². The number of hydrogen-bond donors (Lipinski definition) is 1. The first-order valence-corrected chi connectivity index (χ1v) is 2.59. The van der Waals surface area contributed by atoms with Gasteiger partial charge >= 0.3 is 0 Å². The summed E-state index contributed by atoms with van der Waals surface area (Å²) in [6.45, 7) is 1.60. The van der Waals surface area contributed by atoms with E-state index in [4.69, 9.17) is 10.5 Å². The Kier molecular flexibility index (Phi) is 4.00. The second-order valence-electron chi connectivity index (χ2n) is 1.58. The molecule has 0 aliphatic heterocycles. The van der Waals surface area contributed by atoms with Gasteiger partial charge in [-0.25, -0.2) is 0 Å². The zero-order valence-electron chi connectivity index (χ0n) is 5.59. The first kappa shape index (κ1) is 8.39. The molecule has 0 aromatic carbocycles. The van der Waals surface area contributed by atoms with Gasteiger partial charge in [-0.1, -0.05) is 0 Å². The maximum atomic E-state index is 10.1. The van der Waals surface area contributed by atoms with Crippen molar-refractivity contribution < 1.29 is 14.3 Å². The molecule has 1 amide bonds. The normalized spacial score (nSPS) is 13.1. The first-order valence-electron chi connectivity index (χ1n) is 2.59. The number of amides is 1. The number of carbonyl (C=O) groups excluding carboxylic acids is 1. The molecule has 0 heterocycles. The lowest BCUT2D eigenvalue weighted by Crippen LogP contribution is -2.22. The summed E-state index contributed by atoms with van der Waals surface area (Å²) in [6.07, 6.45) is -0.363. The van der Waals surface area contributed by atoms with Gasteiger partial charge in [-0.3, -0.25) is 4.79 Å². The van der Waals surface area contributed by atoms with Crippen LogP contribution in [0.5, 0.6) is 0 Å². The Morgan fingerprint density at radius 2 is 2.33 bits per heavy atom. The average Bonchev–Trinajstić information content (AvgIpc) is 1.83. The smallest absolute Gasteiger partial charge is 0.243 e. The van der Waals surface area contributed by atoms with Crippen molar-refractivity contribution in [2.45, 2.75) is 13.2 Å². The molecule has 0 rings (SSSR count). The average molecular weight is 133 g/mol. The van der Waals surface area contributed by atoms with Crippen LogP contribution in [0.2, 0.25) is 0 Å². The molecular formula is C5H11NO3. The van der Waals surface area contributed by atoms with Crippen molar-refractivity contribution in [1.29, 1.82) is 0 Å². The van der Waals surface area contributed by atoms with Crippen LogP contribution in [0.25, 0.3) is 0 Å². The fourth-order valence-corrected chi connectivity index (χ4v) is 0.268. The molecule has 0 aliphatic rings. The highest BCUT2D eigenvalue weighted by Crippen LogP contribution is 1.87. The molecule has 0 radical (unpaired) electrons. The van der Waals surface area contributed by atoms with Gasteiger partial charge < -0.3 is 15.2 Å². The maximum absolute atomic E-state index is 10.1. The van der Waals surface area contributed by atoms with Gasteiger partial charge in [0.25, 0.3) is 0 Å². The van der Waals surface area contributed by atoms with Crippen LogP contribution in [0, 0.1) is 0 Å². The van der Waals surface area contributed by atoms with Crippen molar-refractivity contribution in [2.75, 3.05) is 13.7 Å². The van der Waals surface area contributed by atoms with E-state index in [1.807, 2.05) is 0 Å². The van der Waals surface area contributed by atoms with E-state index in [2.05, 4.69) is 4.74 Å². The molecule has 9 heavy (non-hydrogen) atoms. The molecule has 4 heteroatoms. The lowest BCUT2D eigenvalue weighted by atomic mass is 10.6. The Labute approximate surface area is 53.9 Å². The van der Waals surface area contributed by atoms with Gasteiger partial charge in [0.2, 0.25) is 5.91 Å². The van der Waals surface area contributed by atoms with Crippen molar-refractivity contribution in [3.8, 4) is 0 Å². The van der Waals surface area contributed by atoms with E-state index in [0.717, 1.165) is 0 Å². The Hall–Kier alpha value is -0.610.